The summed E-state index contributed by atoms with van der Waals surface area (Å²) in [5.41, 5.74) is -0.703. The molecule has 0 aliphatic carbocycles. The molecule has 1 fully saturated rings. The van der Waals surface area contributed by atoms with Crippen molar-refractivity contribution in [3.05, 3.63) is 46.1 Å². The number of fused-ring (bicyclic) bond motifs is 1. The lowest BCUT2D eigenvalue weighted by Crippen LogP contribution is -2.59. The van der Waals surface area contributed by atoms with Gasteiger partial charge in [0.25, 0.3) is 0 Å². The maximum Gasteiger partial charge on any atom is 0.202 e. The molecule has 2 heterocycles. The van der Waals surface area contributed by atoms with Crippen LogP contribution in [0, 0.1) is 0 Å². The van der Waals surface area contributed by atoms with Gasteiger partial charge in [-0.2, -0.15) is 0 Å². The molecule has 1 aromatic heterocycles. The number of aromatic hydroxyl groups is 1. The highest BCUT2D eigenvalue weighted by Gasteiger charge is 2.44. The zero-order valence-corrected chi connectivity index (χ0v) is 22.9. The van der Waals surface area contributed by atoms with Crippen molar-refractivity contribution in [3.8, 4) is 34.3 Å². The molecule has 0 saturated carbocycles. The molecule has 0 radical (unpaired) electrons. The maximum atomic E-state index is 13.8. The third kappa shape index (κ3) is 7.18. The lowest BCUT2D eigenvalue weighted by molar-refractivity contribution is -0.304. The van der Waals surface area contributed by atoms with E-state index >= 15 is 0 Å². The number of phenolic OH excluding ortho intramolecular Hbond substituents is 1. The molecule has 1 aliphatic heterocycles. The Hall–Kier alpha value is -3.51. The topological polar surface area (TPSA) is 238 Å². The fourth-order valence-electron chi connectivity index (χ4n) is 4.48. The lowest BCUT2D eigenvalue weighted by atomic mass is 9.99. The molecule has 0 spiro atoms. The van der Waals surface area contributed by atoms with Gasteiger partial charge >= 0.3 is 0 Å². The highest BCUT2D eigenvalue weighted by Crippen LogP contribution is 2.37. The van der Waals surface area contributed by atoms with Crippen molar-refractivity contribution in [3.63, 3.8) is 0 Å². The second-order valence-corrected chi connectivity index (χ2v) is 9.44. The first kappa shape index (κ1) is 32.4. The van der Waals surface area contributed by atoms with Gasteiger partial charge in [-0.05, 0) is 18.2 Å². The number of benzene rings is 2. The Bertz CT molecular complexity index is 1420. The number of hydrogen-bond donors (Lipinski definition) is 8. The van der Waals surface area contributed by atoms with Crippen LogP contribution in [-0.2, 0) is 16.1 Å². The zero-order valence-electron chi connectivity index (χ0n) is 22.9. The normalized spacial score (nSPS) is 22.1. The number of phenols is 1. The number of ether oxygens (including phenoxy) is 5. The smallest absolute Gasteiger partial charge is 0.202 e. The molecule has 8 N–H and O–H groups in total. The van der Waals surface area contributed by atoms with Gasteiger partial charge < -0.3 is 69.0 Å². The molecule has 2 aromatic carbocycles. The Morgan fingerprint density at radius 2 is 1.47 bits per heavy atom. The predicted molar refractivity (Wildman–Crippen MR) is 146 cm³/mol. The lowest BCUT2D eigenvalue weighted by Gasteiger charge is -2.39. The summed E-state index contributed by atoms with van der Waals surface area (Å²) >= 11 is 0. The minimum absolute atomic E-state index is 0.0476. The second-order valence-electron chi connectivity index (χ2n) is 9.44. The third-order valence-electron chi connectivity index (χ3n) is 6.55. The van der Waals surface area contributed by atoms with E-state index in [1.807, 2.05) is 0 Å². The molecule has 0 amide bonds. The summed E-state index contributed by atoms with van der Waals surface area (Å²) in [5, 5.41) is 78.1. The van der Waals surface area contributed by atoms with Crippen molar-refractivity contribution in [1.29, 1.82) is 0 Å². The molecule has 43 heavy (non-hydrogen) atoms. The fraction of sp³-hybridized carbons (Fsp3) is 0.464. The Kier molecular flexibility index (Phi) is 11.1. The predicted octanol–water partition coefficient (Wildman–Crippen LogP) is -1.40. The minimum Gasteiger partial charge on any atom is -0.507 e. The van der Waals surface area contributed by atoms with Gasteiger partial charge in [-0.15, -0.1) is 0 Å². The van der Waals surface area contributed by atoms with Crippen molar-refractivity contribution >= 4 is 11.0 Å². The van der Waals surface area contributed by atoms with Gasteiger partial charge in [0.1, 0.15) is 72.5 Å². The van der Waals surface area contributed by atoms with Crippen molar-refractivity contribution in [1.82, 2.24) is 0 Å². The van der Waals surface area contributed by atoms with Crippen molar-refractivity contribution in [2.75, 3.05) is 46.2 Å². The van der Waals surface area contributed by atoms with E-state index < -0.39 is 55.1 Å². The first-order valence-electron chi connectivity index (χ1n) is 13.3. The number of hydrogen-bond acceptors (Lipinski definition) is 15. The summed E-state index contributed by atoms with van der Waals surface area (Å²) in [6.45, 7) is -2.41. The number of rotatable bonds is 14. The molecule has 236 valence electrons. The average molecular weight is 611 g/mol. The molecule has 3 aromatic rings. The van der Waals surface area contributed by atoms with E-state index in [0.717, 1.165) is 0 Å². The minimum atomic E-state index is -1.74. The second kappa shape index (κ2) is 14.8. The van der Waals surface area contributed by atoms with Crippen molar-refractivity contribution in [2.24, 2.45) is 0 Å². The summed E-state index contributed by atoms with van der Waals surface area (Å²) in [6.07, 6.45) is -7.91. The molecule has 5 atom stereocenters. The molecule has 1 aliphatic rings. The zero-order chi connectivity index (χ0) is 31.1. The Labute approximate surface area is 244 Å². The van der Waals surface area contributed by atoms with Gasteiger partial charge in [0, 0.05) is 17.7 Å². The molecule has 1 saturated heterocycles. The molecular weight excluding hydrogens is 576 g/mol. The highest BCUT2D eigenvalue weighted by atomic mass is 16.7. The van der Waals surface area contributed by atoms with Gasteiger partial charge in [-0.25, -0.2) is 0 Å². The Balaban J connectivity index is 1.82. The standard InChI is InChI=1S/C28H34O15/c29-3-6-38-15-10-17(33)22-20(11-15)42-27(14-1-2-18(39-7-4-30)19(9-14)40-8-5-31)16(23(22)34)13-41-28-26(37)25(36)24(35)21(12-32)43-28/h1-2,9-11,21,24-26,28-33,35-37H,3-8,12-13H2/t21-,24-,25+,26-,28-/m1/s1. The Morgan fingerprint density at radius 3 is 2.14 bits per heavy atom. The molecule has 0 bridgehead atoms. The van der Waals surface area contributed by atoms with Crippen LogP contribution >= 0.6 is 0 Å². The first-order valence-corrected chi connectivity index (χ1v) is 13.3. The van der Waals surface area contributed by atoms with Crippen molar-refractivity contribution < 1.29 is 69.0 Å². The average Bonchev–Trinajstić information content (AvgIpc) is 3.00. The van der Waals surface area contributed by atoms with Crippen molar-refractivity contribution in [2.45, 2.75) is 37.3 Å². The summed E-state index contributed by atoms with van der Waals surface area (Å²) in [4.78, 5) is 13.8. The van der Waals surface area contributed by atoms with E-state index in [0.29, 0.717) is 0 Å². The highest BCUT2D eigenvalue weighted by molar-refractivity contribution is 5.87. The number of aliphatic hydroxyl groups excluding tert-OH is 7. The monoisotopic (exact) mass is 610 g/mol. The van der Waals surface area contributed by atoms with Gasteiger partial charge in [0.05, 0.1) is 38.6 Å². The van der Waals surface area contributed by atoms with Crippen LogP contribution in [0.15, 0.2) is 39.5 Å². The van der Waals surface area contributed by atoms with E-state index in [1.54, 1.807) is 0 Å². The third-order valence-corrected chi connectivity index (χ3v) is 6.55. The summed E-state index contributed by atoms with van der Waals surface area (Å²) in [7, 11) is 0. The fourth-order valence-corrected chi connectivity index (χ4v) is 4.48. The molecule has 15 heteroatoms. The van der Waals surface area contributed by atoms with E-state index in [-0.39, 0.29) is 84.7 Å². The summed E-state index contributed by atoms with van der Waals surface area (Å²) < 4.78 is 33.6. The van der Waals surface area contributed by atoms with Crippen LogP contribution in [0.1, 0.15) is 5.56 Å². The van der Waals surface area contributed by atoms with Crippen LogP contribution in [0.3, 0.4) is 0 Å². The van der Waals surface area contributed by atoms with Gasteiger partial charge in [0.2, 0.25) is 5.43 Å². The molecule has 0 unspecified atom stereocenters. The molecule has 15 nitrogen and oxygen atoms in total. The quantitative estimate of drug-likeness (QED) is 0.105. The molecule has 4 rings (SSSR count). The van der Waals surface area contributed by atoms with Gasteiger partial charge in [-0.3, -0.25) is 4.79 Å². The van der Waals surface area contributed by atoms with Crippen LogP contribution < -0.4 is 19.6 Å². The summed E-state index contributed by atoms with van der Waals surface area (Å²) in [5.74, 6) is -0.0710. The molecular formula is C28H34O15. The SMILES string of the molecule is O=c1c(CO[C@@H]2O[C@H](CO)[C@@H](O)[C@H](O)[C@H]2O)c(-c2ccc(OCCO)c(OCCO)c2)oc2cc(OCCO)cc(O)c12. The van der Waals surface area contributed by atoms with E-state index in [2.05, 4.69) is 0 Å². The first-order chi connectivity index (χ1) is 20.7. The van der Waals surface area contributed by atoms with Crippen LogP contribution in [0.4, 0.5) is 0 Å². The van der Waals surface area contributed by atoms with Crippen LogP contribution in [0.2, 0.25) is 0 Å². The number of aliphatic hydroxyl groups is 7. The summed E-state index contributed by atoms with van der Waals surface area (Å²) in [6, 6.07) is 6.98. The van der Waals surface area contributed by atoms with E-state index in [1.165, 1.54) is 30.3 Å². The van der Waals surface area contributed by atoms with E-state index in [4.69, 9.17) is 38.3 Å². The largest absolute Gasteiger partial charge is 0.507 e. The van der Waals surface area contributed by atoms with Crippen LogP contribution in [0.5, 0.6) is 23.0 Å². The van der Waals surface area contributed by atoms with Crippen LogP contribution in [0.25, 0.3) is 22.3 Å². The van der Waals surface area contributed by atoms with Gasteiger partial charge in [-0.1, -0.05) is 0 Å². The Morgan fingerprint density at radius 1 is 0.791 bits per heavy atom. The maximum absolute atomic E-state index is 13.8. The van der Waals surface area contributed by atoms with E-state index in [9.17, 15) is 35.4 Å². The van der Waals surface area contributed by atoms with Gasteiger partial charge in [0.15, 0.2) is 17.8 Å². The van der Waals surface area contributed by atoms with Crippen LogP contribution in [-0.4, -0.2) is 118 Å².